The minimum absolute atomic E-state index is 0.0246. The third-order valence-electron chi connectivity index (χ3n) is 10.9. The molecule has 7 aromatic carbocycles. The third kappa shape index (κ3) is 3.33. The second-order valence-corrected chi connectivity index (χ2v) is 13.9. The number of rotatable bonds is 2. The number of aromatic nitrogens is 2. The van der Waals surface area contributed by atoms with Crippen LogP contribution in [0.25, 0.3) is 55.0 Å². The van der Waals surface area contributed by atoms with E-state index >= 15 is 0 Å². The lowest BCUT2D eigenvalue weighted by molar-refractivity contribution is 0.442. The normalized spacial score (nSPS) is 13.4. The Bertz CT molecular complexity index is 2910. The fourth-order valence-electron chi connectivity index (χ4n) is 8.89. The van der Waals surface area contributed by atoms with E-state index in [1.165, 1.54) is 32.6 Å². The highest BCUT2D eigenvalue weighted by Crippen LogP contribution is 2.45. The Morgan fingerprint density at radius 1 is 0.380 bits per heavy atom. The Balaban J connectivity index is 1.16. The van der Waals surface area contributed by atoms with Crippen LogP contribution in [0.1, 0.15) is 11.1 Å². The van der Waals surface area contributed by atoms with Crippen molar-refractivity contribution in [2.75, 3.05) is 0 Å². The van der Waals surface area contributed by atoms with Crippen molar-refractivity contribution < 1.29 is 14.2 Å². The van der Waals surface area contributed by atoms with Crippen molar-refractivity contribution in [2.45, 2.75) is 13.8 Å². The van der Waals surface area contributed by atoms with E-state index in [2.05, 4.69) is 150 Å². The fourth-order valence-corrected chi connectivity index (χ4v) is 8.89. The van der Waals surface area contributed by atoms with E-state index in [1.54, 1.807) is 0 Å². The van der Waals surface area contributed by atoms with Crippen LogP contribution in [-0.4, -0.2) is 15.8 Å². The zero-order valence-corrected chi connectivity index (χ0v) is 27.3. The highest BCUT2D eigenvalue weighted by atomic mass is 16.5. The molecule has 0 N–H and O–H groups in total. The Morgan fingerprint density at radius 3 is 1.26 bits per heavy atom. The van der Waals surface area contributed by atoms with Crippen LogP contribution in [0, 0.1) is 13.8 Å². The number of ether oxygens (including phenoxy) is 3. The Morgan fingerprint density at radius 2 is 0.780 bits per heavy atom. The highest BCUT2D eigenvalue weighted by molar-refractivity contribution is 6.99. The van der Waals surface area contributed by atoms with Crippen LogP contribution in [0.2, 0.25) is 0 Å². The first kappa shape index (κ1) is 26.5. The zero-order chi connectivity index (χ0) is 32.8. The van der Waals surface area contributed by atoms with Gasteiger partial charge in [-0.1, -0.05) is 54.6 Å². The summed E-state index contributed by atoms with van der Waals surface area (Å²) in [7, 11) is 0. The fraction of sp³-hybridized carbons (Fsp3) is 0.0455. The molecule has 0 bridgehead atoms. The van der Waals surface area contributed by atoms with Gasteiger partial charge in [0.2, 0.25) is 0 Å². The van der Waals surface area contributed by atoms with Crippen molar-refractivity contribution in [2.24, 2.45) is 0 Å². The second kappa shape index (κ2) is 9.19. The number of nitrogens with zero attached hydrogens (tertiary/aromatic N) is 2. The van der Waals surface area contributed by atoms with Gasteiger partial charge in [-0.25, -0.2) is 0 Å². The van der Waals surface area contributed by atoms with Crippen LogP contribution in [0.4, 0.5) is 0 Å². The lowest BCUT2D eigenvalue weighted by atomic mass is 9.34. The molecule has 0 atom stereocenters. The molecule has 2 aromatic heterocycles. The van der Waals surface area contributed by atoms with E-state index in [1.807, 2.05) is 0 Å². The monoisotopic (exact) mass is 642 g/mol. The van der Waals surface area contributed by atoms with E-state index in [-0.39, 0.29) is 6.71 Å². The summed E-state index contributed by atoms with van der Waals surface area (Å²) in [5.41, 5.74) is 12.2. The molecule has 0 saturated heterocycles. The van der Waals surface area contributed by atoms with Crippen molar-refractivity contribution in [3.05, 3.63) is 139 Å². The largest absolute Gasteiger partial charge is 0.458 e. The summed E-state index contributed by atoms with van der Waals surface area (Å²) < 4.78 is 24.9. The van der Waals surface area contributed by atoms with E-state index in [4.69, 9.17) is 14.2 Å². The topological polar surface area (TPSA) is 37.5 Å². The molecule has 234 valence electrons. The van der Waals surface area contributed by atoms with E-state index in [0.29, 0.717) is 0 Å². The quantitative estimate of drug-likeness (QED) is 0.177. The van der Waals surface area contributed by atoms with Gasteiger partial charge in [-0.2, -0.15) is 0 Å². The molecule has 5 nitrogen and oxygen atoms in total. The molecule has 0 aliphatic carbocycles. The van der Waals surface area contributed by atoms with Gasteiger partial charge in [-0.3, -0.25) is 0 Å². The van der Waals surface area contributed by atoms with Crippen LogP contribution >= 0.6 is 0 Å². The molecule has 3 aliphatic heterocycles. The number of hydrogen-bond donors (Lipinski definition) is 0. The molecule has 0 fully saturated rings. The lowest BCUT2D eigenvalue weighted by Gasteiger charge is -2.38. The van der Waals surface area contributed by atoms with Gasteiger partial charge in [0.25, 0.3) is 6.71 Å². The molecule has 50 heavy (non-hydrogen) atoms. The minimum Gasteiger partial charge on any atom is -0.458 e. The van der Waals surface area contributed by atoms with Gasteiger partial charge in [-0.05, 0) is 85.6 Å². The maximum atomic E-state index is 6.82. The van der Waals surface area contributed by atoms with Crippen LogP contribution in [0.15, 0.2) is 127 Å². The zero-order valence-electron chi connectivity index (χ0n) is 27.3. The van der Waals surface area contributed by atoms with Crippen molar-refractivity contribution >= 4 is 66.7 Å². The second-order valence-electron chi connectivity index (χ2n) is 13.9. The van der Waals surface area contributed by atoms with Gasteiger partial charge < -0.3 is 23.3 Å². The molecule has 3 aliphatic rings. The predicted molar refractivity (Wildman–Crippen MR) is 202 cm³/mol. The smallest absolute Gasteiger partial charge is 0.270 e. The van der Waals surface area contributed by atoms with Gasteiger partial charge in [-0.15, -0.1) is 0 Å². The van der Waals surface area contributed by atoms with Gasteiger partial charge >= 0.3 is 0 Å². The van der Waals surface area contributed by atoms with Gasteiger partial charge in [0.05, 0.1) is 27.8 Å². The molecule has 6 heteroatoms. The van der Waals surface area contributed by atoms with Gasteiger partial charge in [0, 0.05) is 55.8 Å². The van der Waals surface area contributed by atoms with Crippen LogP contribution in [0.5, 0.6) is 34.5 Å². The molecule has 0 spiro atoms. The van der Waals surface area contributed by atoms with Crippen LogP contribution in [0.3, 0.4) is 0 Å². The molecular formula is C44H27BN2O3. The Hall–Kier alpha value is -6.40. The number of benzene rings is 7. The summed E-state index contributed by atoms with van der Waals surface area (Å²) in [6.07, 6.45) is 0. The maximum Gasteiger partial charge on any atom is 0.270 e. The summed E-state index contributed by atoms with van der Waals surface area (Å²) in [5, 5.41) is 4.83. The maximum absolute atomic E-state index is 6.82. The number of hydrogen-bond acceptors (Lipinski definition) is 3. The van der Waals surface area contributed by atoms with Crippen molar-refractivity contribution in [1.29, 1.82) is 0 Å². The van der Waals surface area contributed by atoms with Crippen molar-refractivity contribution in [3.8, 4) is 45.9 Å². The summed E-state index contributed by atoms with van der Waals surface area (Å²) in [4.78, 5) is 0. The molecule has 0 saturated carbocycles. The van der Waals surface area contributed by atoms with Crippen LogP contribution < -0.4 is 30.6 Å². The molecule has 0 radical (unpaired) electrons. The van der Waals surface area contributed by atoms with Gasteiger partial charge in [0.15, 0.2) is 0 Å². The summed E-state index contributed by atoms with van der Waals surface area (Å²) in [6.45, 7) is 4.16. The molecule has 0 unspecified atom stereocenters. The SMILES string of the molecule is Cc1cc2c3c(c1)Oc1cc(-n4c5ccccc5c5cc6c(cc54)c4ccccc4n6-c4ccccc4)cc4c1B3c1c(cc(C)cc1O4)O2. The number of aryl methyl sites for hydroxylation is 2. The Labute approximate surface area is 287 Å². The first-order valence-electron chi connectivity index (χ1n) is 17.1. The molecule has 12 rings (SSSR count). The first-order valence-corrected chi connectivity index (χ1v) is 17.1. The highest BCUT2D eigenvalue weighted by Gasteiger charge is 2.47. The predicted octanol–water partition coefficient (Wildman–Crippen LogP) is 9.33. The summed E-state index contributed by atoms with van der Waals surface area (Å²) >= 11 is 0. The van der Waals surface area contributed by atoms with E-state index in [0.717, 1.165) is 84.4 Å². The van der Waals surface area contributed by atoms with E-state index < -0.39 is 0 Å². The number of fused-ring (bicyclic) bond motifs is 6. The summed E-state index contributed by atoms with van der Waals surface area (Å²) in [5.74, 6) is 5.04. The molecule has 5 heterocycles. The molecule has 0 amide bonds. The lowest BCUT2D eigenvalue weighted by Crippen LogP contribution is -2.59. The average Bonchev–Trinajstić information content (AvgIpc) is 3.62. The third-order valence-corrected chi connectivity index (χ3v) is 10.9. The first-order chi connectivity index (χ1) is 24.6. The van der Waals surface area contributed by atoms with Crippen molar-refractivity contribution in [1.82, 2.24) is 9.13 Å². The molecular weight excluding hydrogens is 615 g/mol. The minimum atomic E-state index is -0.0246. The van der Waals surface area contributed by atoms with Gasteiger partial charge in [0.1, 0.15) is 34.5 Å². The average molecular weight is 643 g/mol. The van der Waals surface area contributed by atoms with Crippen LogP contribution in [-0.2, 0) is 0 Å². The van der Waals surface area contributed by atoms with E-state index in [9.17, 15) is 0 Å². The molecule has 9 aromatic rings. The van der Waals surface area contributed by atoms with Crippen molar-refractivity contribution in [3.63, 3.8) is 0 Å². The standard InChI is InChI=1S/C44H27BN2O3/c1-24-16-36-42-38(18-24)49-40-20-27(21-41-44(40)45(42)43-37(48-36)17-25(2)19-39(43)50-41)47-33-15-9-7-13-29(33)31-22-34-30(23-35(31)47)28-12-6-8-14-32(28)46(34)26-10-4-3-5-11-26/h3-23H,1-2H3. The summed E-state index contributed by atoms with van der Waals surface area (Å²) in [6, 6.07) is 45.7. The Kier molecular flexibility index (Phi) is 4.88. The number of para-hydroxylation sites is 3.